The molecule has 0 unspecified atom stereocenters. The second-order valence-electron chi connectivity index (χ2n) is 7.69. The maximum Gasteiger partial charge on any atom is 0.272 e. The molecule has 0 saturated carbocycles. The molecule has 4 aromatic rings. The van der Waals surface area contributed by atoms with Gasteiger partial charge in [0.2, 0.25) is 0 Å². The van der Waals surface area contributed by atoms with Crippen molar-refractivity contribution in [1.82, 2.24) is 9.88 Å². The maximum atomic E-state index is 14.3. The minimum atomic E-state index is -0.790. The first-order chi connectivity index (χ1) is 16.1. The fourth-order valence-corrected chi connectivity index (χ4v) is 4.80. The van der Waals surface area contributed by atoms with Crippen LogP contribution in [0.3, 0.4) is 0 Å². The van der Waals surface area contributed by atoms with Crippen LogP contribution in [0.4, 0.5) is 10.1 Å². The molecular formula is C24H20FN3O4S. The second-order valence-corrected chi connectivity index (χ2v) is 8.75. The molecule has 0 aliphatic carbocycles. The summed E-state index contributed by atoms with van der Waals surface area (Å²) in [4.78, 5) is 18.0. The van der Waals surface area contributed by atoms with Crippen molar-refractivity contribution >= 4 is 27.2 Å². The van der Waals surface area contributed by atoms with Crippen molar-refractivity contribution in [2.24, 2.45) is 0 Å². The average Bonchev–Trinajstić information content (AvgIpc) is 3.27. The van der Waals surface area contributed by atoms with Crippen molar-refractivity contribution in [3.63, 3.8) is 0 Å². The summed E-state index contributed by atoms with van der Waals surface area (Å²) in [5.74, 6) is -0.412. The normalized spacial score (nSPS) is 14.5. The summed E-state index contributed by atoms with van der Waals surface area (Å²) in [6.45, 7) is 4.35. The second kappa shape index (κ2) is 9.22. The Morgan fingerprint density at radius 2 is 1.88 bits per heavy atom. The van der Waals surface area contributed by atoms with Crippen molar-refractivity contribution in [3.05, 3.63) is 82.3 Å². The molecule has 1 fully saturated rings. The number of nitrogens with zero attached hydrogens (tertiary/aromatic N) is 3. The van der Waals surface area contributed by atoms with Gasteiger partial charge in [-0.1, -0.05) is 24.3 Å². The molecule has 1 saturated heterocycles. The highest BCUT2D eigenvalue weighted by Gasteiger charge is 2.16. The topological polar surface area (TPSA) is 77.7 Å². The van der Waals surface area contributed by atoms with E-state index in [1.54, 1.807) is 12.3 Å². The van der Waals surface area contributed by atoms with Gasteiger partial charge in [0.25, 0.3) is 5.69 Å². The number of hydrogen-bond acceptors (Lipinski definition) is 7. The van der Waals surface area contributed by atoms with Crippen LogP contribution in [-0.4, -0.2) is 41.1 Å². The van der Waals surface area contributed by atoms with E-state index in [1.807, 2.05) is 6.07 Å². The highest BCUT2D eigenvalue weighted by Crippen LogP contribution is 2.39. The van der Waals surface area contributed by atoms with Crippen molar-refractivity contribution in [2.45, 2.75) is 6.54 Å². The average molecular weight is 466 g/mol. The molecule has 0 bridgehead atoms. The number of ether oxygens (including phenoxy) is 2. The van der Waals surface area contributed by atoms with E-state index in [0.717, 1.165) is 59.6 Å². The van der Waals surface area contributed by atoms with Crippen molar-refractivity contribution < 1.29 is 18.8 Å². The zero-order chi connectivity index (χ0) is 22.8. The summed E-state index contributed by atoms with van der Waals surface area (Å²) < 4.78 is 26.3. The third-order valence-electron chi connectivity index (χ3n) is 5.47. The van der Waals surface area contributed by atoms with Crippen LogP contribution < -0.4 is 4.74 Å². The van der Waals surface area contributed by atoms with Gasteiger partial charge in [-0.2, -0.15) is 0 Å². The quantitative estimate of drug-likeness (QED) is 0.271. The summed E-state index contributed by atoms with van der Waals surface area (Å²) in [6, 6.07) is 15.4. The van der Waals surface area contributed by atoms with Crippen LogP contribution in [-0.2, 0) is 11.3 Å². The Balaban J connectivity index is 1.38. The zero-order valence-corrected chi connectivity index (χ0v) is 18.4. The Kier molecular flexibility index (Phi) is 5.99. The zero-order valence-electron chi connectivity index (χ0n) is 17.6. The molecule has 5 rings (SSSR count). The highest BCUT2D eigenvalue weighted by atomic mass is 32.1. The molecule has 0 amide bonds. The Morgan fingerprint density at radius 1 is 1.09 bits per heavy atom. The smallest absolute Gasteiger partial charge is 0.272 e. The number of morpholine rings is 1. The third-order valence-corrected chi connectivity index (χ3v) is 6.66. The predicted molar refractivity (Wildman–Crippen MR) is 124 cm³/mol. The number of benzene rings is 2. The first-order valence-electron chi connectivity index (χ1n) is 10.5. The lowest BCUT2D eigenvalue weighted by molar-refractivity contribution is -0.385. The number of nitro benzene ring substituents is 1. The van der Waals surface area contributed by atoms with Gasteiger partial charge >= 0.3 is 0 Å². The van der Waals surface area contributed by atoms with E-state index in [-0.39, 0.29) is 11.4 Å². The fourth-order valence-electron chi connectivity index (χ4n) is 3.73. The van der Waals surface area contributed by atoms with Crippen LogP contribution in [0.15, 0.2) is 60.8 Å². The molecule has 2 aromatic heterocycles. The molecule has 7 nitrogen and oxygen atoms in total. The van der Waals surface area contributed by atoms with E-state index in [1.165, 1.54) is 29.0 Å². The van der Waals surface area contributed by atoms with Gasteiger partial charge in [-0.3, -0.25) is 20.0 Å². The SMILES string of the molecule is O=[N+]([O-])c1ccc(Oc2ccnc3cc(-c4ccc(CN5CCOCC5)cc4)sc23)c(F)c1. The van der Waals surface area contributed by atoms with Crippen molar-refractivity contribution in [1.29, 1.82) is 0 Å². The Bertz CT molecular complexity index is 1300. The van der Waals surface area contributed by atoms with Crippen LogP contribution in [0.1, 0.15) is 5.56 Å². The summed E-state index contributed by atoms with van der Waals surface area (Å²) in [6.07, 6.45) is 1.60. The summed E-state index contributed by atoms with van der Waals surface area (Å²) >= 11 is 1.51. The first kappa shape index (κ1) is 21.4. The molecule has 0 atom stereocenters. The summed E-state index contributed by atoms with van der Waals surface area (Å²) in [5.41, 5.74) is 2.73. The first-order valence-corrected chi connectivity index (χ1v) is 11.3. The van der Waals surface area contributed by atoms with Gasteiger partial charge in [0.1, 0.15) is 5.75 Å². The molecule has 2 aromatic carbocycles. The molecule has 0 N–H and O–H groups in total. The van der Waals surface area contributed by atoms with Crippen LogP contribution >= 0.6 is 11.3 Å². The molecule has 1 aliphatic heterocycles. The number of nitro groups is 1. The molecule has 0 spiro atoms. The summed E-state index contributed by atoms with van der Waals surface area (Å²) in [5, 5.41) is 10.8. The number of fused-ring (bicyclic) bond motifs is 1. The van der Waals surface area contributed by atoms with E-state index in [4.69, 9.17) is 9.47 Å². The molecule has 3 heterocycles. The lowest BCUT2D eigenvalue weighted by Crippen LogP contribution is -2.35. The van der Waals surface area contributed by atoms with Crippen LogP contribution in [0.5, 0.6) is 11.5 Å². The molecule has 168 valence electrons. The number of rotatable bonds is 6. The van der Waals surface area contributed by atoms with E-state index in [2.05, 4.69) is 34.1 Å². The lowest BCUT2D eigenvalue weighted by Gasteiger charge is -2.26. The van der Waals surface area contributed by atoms with Crippen molar-refractivity contribution in [2.75, 3.05) is 26.3 Å². The van der Waals surface area contributed by atoms with E-state index in [0.29, 0.717) is 5.75 Å². The standard InChI is InChI=1S/C24H20FN3O4S/c25-19-13-18(28(29)30)5-6-21(19)32-22-7-8-26-20-14-23(33-24(20)22)17-3-1-16(2-4-17)15-27-9-11-31-12-10-27/h1-8,13-14H,9-12,15H2. The number of pyridine rings is 1. The number of aromatic nitrogens is 1. The van der Waals surface area contributed by atoms with Crippen LogP contribution in [0.2, 0.25) is 0 Å². The van der Waals surface area contributed by atoms with Gasteiger partial charge in [0, 0.05) is 42.8 Å². The van der Waals surface area contributed by atoms with E-state index in [9.17, 15) is 14.5 Å². The van der Waals surface area contributed by atoms with Crippen LogP contribution in [0, 0.1) is 15.9 Å². The molecular weight excluding hydrogens is 445 g/mol. The molecule has 0 radical (unpaired) electrons. The van der Waals surface area contributed by atoms with Crippen LogP contribution in [0.25, 0.3) is 20.7 Å². The molecule has 9 heteroatoms. The molecule has 1 aliphatic rings. The van der Waals surface area contributed by atoms with Crippen molar-refractivity contribution in [3.8, 4) is 21.9 Å². The third kappa shape index (κ3) is 4.70. The Hall–Kier alpha value is -3.40. The van der Waals surface area contributed by atoms with Gasteiger partial charge in [0.05, 0.1) is 34.4 Å². The number of halogens is 1. The molecule has 33 heavy (non-hydrogen) atoms. The number of hydrogen-bond donors (Lipinski definition) is 0. The largest absolute Gasteiger partial charge is 0.453 e. The van der Waals surface area contributed by atoms with Gasteiger partial charge in [-0.05, 0) is 23.3 Å². The Morgan fingerprint density at radius 3 is 2.61 bits per heavy atom. The summed E-state index contributed by atoms with van der Waals surface area (Å²) in [7, 11) is 0. The Labute approximate surface area is 193 Å². The predicted octanol–water partition coefficient (Wildman–Crippen LogP) is 5.64. The fraction of sp³-hybridized carbons (Fsp3) is 0.208. The van der Waals surface area contributed by atoms with Gasteiger partial charge in [0.15, 0.2) is 11.6 Å². The minimum absolute atomic E-state index is 0.0736. The van der Waals surface area contributed by atoms with Gasteiger partial charge < -0.3 is 9.47 Å². The van der Waals surface area contributed by atoms with Gasteiger partial charge in [-0.25, -0.2) is 4.39 Å². The maximum absolute atomic E-state index is 14.3. The number of thiophene rings is 1. The number of non-ortho nitro benzene ring substituents is 1. The lowest BCUT2D eigenvalue weighted by atomic mass is 10.1. The highest BCUT2D eigenvalue weighted by molar-refractivity contribution is 7.22. The monoisotopic (exact) mass is 465 g/mol. The van der Waals surface area contributed by atoms with E-state index < -0.39 is 10.7 Å². The minimum Gasteiger partial charge on any atom is -0.453 e. The van der Waals surface area contributed by atoms with E-state index >= 15 is 0 Å². The van der Waals surface area contributed by atoms with Gasteiger partial charge in [-0.15, -0.1) is 11.3 Å².